The third-order valence-corrected chi connectivity index (χ3v) is 3.65. The van der Waals surface area contributed by atoms with Crippen LogP contribution in [0.3, 0.4) is 0 Å². The van der Waals surface area contributed by atoms with E-state index in [9.17, 15) is 5.26 Å². The van der Waals surface area contributed by atoms with E-state index in [-0.39, 0.29) is 0 Å². The Bertz CT molecular complexity index is 656. The van der Waals surface area contributed by atoms with Gasteiger partial charge in [0, 0.05) is 17.2 Å². The number of nitriles is 1. The van der Waals surface area contributed by atoms with Gasteiger partial charge in [-0.15, -0.1) is 0 Å². The first kappa shape index (κ1) is 13.6. The van der Waals surface area contributed by atoms with Crippen LogP contribution in [0.2, 0.25) is 0 Å². The number of hydrogen-bond acceptors (Lipinski definition) is 2. The minimum absolute atomic E-state index is 0.664. The number of hydrogen-bond donors (Lipinski definition) is 0. The molecule has 2 aromatic rings. The number of benzene rings is 2. The summed E-state index contributed by atoms with van der Waals surface area (Å²) in [4.78, 5) is 2.06. The van der Waals surface area contributed by atoms with Crippen molar-refractivity contribution in [1.82, 2.24) is 0 Å². The summed E-state index contributed by atoms with van der Waals surface area (Å²) in [5.41, 5.74) is 5.14. The lowest BCUT2D eigenvalue weighted by atomic mass is 10.1. The van der Waals surface area contributed by atoms with Crippen molar-refractivity contribution in [2.75, 3.05) is 11.9 Å². The molecule has 0 fully saturated rings. The minimum Gasteiger partial charge on any atom is -0.343 e. The Morgan fingerprint density at radius 2 is 1.74 bits per heavy atom. The molecule has 0 amide bonds. The van der Waals surface area contributed by atoms with Crippen molar-refractivity contribution < 1.29 is 0 Å². The predicted octanol–water partition coefficient (Wildman–Crippen LogP) is 4.71. The van der Waals surface area contributed by atoms with Crippen molar-refractivity contribution in [2.45, 2.75) is 13.8 Å². The van der Waals surface area contributed by atoms with Crippen LogP contribution in [0.1, 0.15) is 16.7 Å². The highest BCUT2D eigenvalue weighted by Gasteiger charge is 2.11. The smallest absolute Gasteiger partial charge is 0.101 e. The van der Waals surface area contributed by atoms with E-state index in [1.54, 1.807) is 0 Å². The summed E-state index contributed by atoms with van der Waals surface area (Å²) >= 11 is 3.40. The Kier molecular flexibility index (Phi) is 3.92. The molecular formula is C16H15BrN2. The van der Waals surface area contributed by atoms with E-state index < -0.39 is 0 Å². The molecule has 0 aliphatic heterocycles. The summed E-state index contributed by atoms with van der Waals surface area (Å²) in [5.74, 6) is 0. The van der Waals surface area contributed by atoms with Gasteiger partial charge in [0.25, 0.3) is 0 Å². The highest BCUT2D eigenvalue weighted by Crippen LogP contribution is 2.31. The van der Waals surface area contributed by atoms with E-state index in [2.05, 4.69) is 58.9 Å². The van der Waals surface area contributed by atoms with E-state index in [4.69, 9.17) is 0 Å². The molecule has 19 heavy (non-hydrogen) atoms. The molecule has 2 aromatic carbocycles. The second kappa shape index (κ2) is 5.46. The maximum Gasteiger partial charge on any atom is 0.101 e. The van der Waals surface area contributed by atoms with E-state index in [1.807, 2.05) is 25.2 Å². The zero-order valence-electron chi connectivity index (χ0n) is 11.2. The third-order valence-electron chi connectivity index (χ3n) is 3.15. The van der Waals surface area contributed by atoms with Gasteiger partial charge in [0.15, 0.2) is 0 Å². The molecule has 2 rings (SSSR count). The summed E-state index contributed by atoms with van der Waals surface area (Å²) in [7, 11) is 1.99. The second-order valence-corrected chi connectivity index (χ2v) is 5.54. The third kappa shape index (κ3) is 2.80. The first-order valence-electron chi connectivity index (χ1n) is 6.03. The summed E-state index contributed by atoms with van der Waals surface area (Å²) in [6, 6.07) is 14.3. The highest BCUT2D eigenvalue weighted by molar-refractivity contribution is 9.10. The molecule has 0 radical (unpaired) electrons. The van der Waals surface area contributed by atoms with Gasteiger partial charge >= 0.3 is 0 Å². The molecule has 0 saturated carbocycles. The van der Waals surface area contributed by atoms with E-state index in [0.29, 0.717) is 5.56 Å². The predicted molar refractivity (Wildman–Crippen MR) is 82.8 cm³/mol. The Morgan fingerprint density at radius 1 is 1.05 bits per heavy atom. The van der Waals surface area contributed by atoms with Crippen molar-refractivity contribution in [3.05, 3.63) is 57.6 Å². The van der Waals surface area contributed by atoms with Gasteiger partial charge < -0.3 is 4.90 Å². The molecule has 3 heteroatoms. The van der Waals surface area contributed by atoms with Crippen molar-refractivity contribution in [2.24, 2.45) is 0 Å². The first-order chi connectivity index (χ1) is 9.02. The number of halogens is 1. The van der Waals surface area contributed by atoms with Crippen LogP contribution in [-0.4, -0.2) is 7.05 Å². The van der Waals surface area contributed by atoms with Crippen LogP contribution in [0.25, 0.3) is 0 Å². The normalized spacial score (nSPS) is 10.1. The molecule has 0 heterocycles. The van der Waals surface area contributed by atoms with Crippen LogP contribution in [-0.2, 0) is 0 Å². The molecule has 0 unspecified atom stereocenters. The van der Waals surface area contributed by atoms with E-state index in [0.717, 1.165) is 15.8 Å². The Labute approximate surface area is 122 Å². The van der Waals surface area contributed by atoms with Crippen molar-refractivity contribution in [1.29, 1.82) is 5.26 Å². The van der Waals surface area contributed by atoms with Crippen molar-refractivity contribution in [3.63, 3.8) is 0 Å². The highest BCUT2D eigenvalue weighted by atomic mass is 79.9. The summed E-state index contributed by atoms with van der Waals surface area (Å²) in [5, 5.41) is 9.25. The molecule has 0 N–H and O–H groups in total. The zero-order chi connectivity index (χ0) is 14.0. The molecule has 0 atom stereocenters. The van der Waals surface area contributed by atoms with Gasteiger partial charge in [-0.1, -0.05) is 33.6 Å². The van der Waals surface area contributed by atoms with Crippen LogP contribution in [0.15, 0.2) is 40.9 Å². The summed E-state index contributed by atoms with van der Waals surface area (Å²) in [6.45, 7) is 4.17. The van der Waals surface area contributed by atoms with Crippen molar-refractivity contribution >= 4 is 27.3 Å². The molecule has 0 saturated heterocycles. The molecule has 0 aliphatic rings. The monoisotopic (exact) mass is 314 g/mol. The van der Waals surface area contributed by atoms with Crippen LogP contribution in [0.4, 0.5) is 11.4 Å². The molecule has 96 valence electrons. The molecule has 0 spiro atoms. The van der Waals surface area contributed by atoms with Gasteiger partial charge in [0.2, 0.25) is 0 Å². The van der Waals surface area contributed by atoms with Crippen molar-refractivity contribution in [3.8, 4) is 6.07 Å². The zero-order valence-corrected chi connectivity index (χ0v) is 12.8. The van der Waals surface area contributed by atoms with Crippen LogP contribution >= 0.6 is 15.9 Å². The lowest BCUT2D eigenvalue weighted by Gasteiger charge is -2.23. The van der Waals surface area contributed by atoms with Crippen LogP contribution in [0.5, 0.6) is 0 Å². The minimum atomic E-state index is 0.664. The molecule has 0 aliphatic carbocycles. The quantitative estimate of drug-likeness (QED) is 0.803. The Balaban J connectivity index is 2.50. The van der Waals surface area contributed by atoms with E-state index in [1.165, 1.54) is 11.1 Å². The summed E-state index contributed by atoms with van der Waals surface area (Å²) in [6.07, 6.45) is 0. The molecular weight excluding hydrogens is 300 g/mol. The summed E-state index contributed by atoms with van der Waals surface area (Å²) < 4.78 is 0.918. The fourth-order valence-electron chi connectivity index (χ4n) is 2.20. The van der Waals surface area contributed by atoms with Gasteiger partial charge in [-0.2, -0.15) is 5.26 Å². The lowest BCUT2D eigenvalue weighted by molar-refractivity contribution is 1.17. The number of anilines is 2. The average Bonchev–Trinajstić information content (AvgIpc) is 2.37. The molecule has 0 aromatic heterocycles. The van der Waals surface area contributed by atoms with Gasteiger partial charge in [-0.25, -0.2) is 0 Å². The topological polar surface area (TPSA) is 27.0 Å². The maximum atomic E-state index is 9.25. The van der Waals surface area contributed by atoms with Gasteiger partial charge in [0.05, 0.1) is 11.3 Å². The Morgan fingerprint density at radius 3 is 2.37 bits per heavy atom. The molecule has 0 bridgehead atoms. The largest absolute Gasteiger partial charge is 0.343 e. The van der Waals surface area contributed by atoms with Gasteiger partial charge in [-0.3, -0.25) is 0 Å². The standard InChI is InChI=1S/C16H15BrN2/c1-11-4-6-15(12(2)8-11)19(3)16-7-5-14(17)9-13(16)10-18/h4-9H,1-3H3. The average molecular weight is 315 g/mol. The number of rotatable bonds is 2. The first-order valence-corrected chi connectivity index (χ1v) is 6.83. The fourth-order valence-corrected chi connectivity index (χ4v) is 2.56. The number of nitrogens with zero attached hydrogens (tertiary/aromatic N) is 2. The maximum absolute atomic E-state index is 9.25. The van der Waals surface area contributed by atoms with Crippen LogP contribution < -0.4 is 4.90 Å². The SMILES string of the molecule is Cc1ccc(N(C)c2ccc(Br)cc2C#N)c(C)c1. The van der Waals surface area contributed by atoms with Gasteiger partial charge in [0.1, 0.15) is 6.07 Å². The van der Waals surface area contributed by atoms with Crippen LogP contribution in [0, 0.1) is 25.2 Å². The van der Waals surface area contributed by atoms with Gasteiger partial charge in [-0.05, 0) is 43.7 Å². The molecule has 2 nitrogen and oxygen atoms in total. The fraction of sp³-hybridized carbons (Fsp3) is 0.188. The second-order valence-electron chi connectivity index (χ2n) is 4.62. The number of aryl methyl sites for hydroxylation is 2. The lowest BCUT2D eigenvalue weighted by Crippen LogP contribution is -2.12. The van der Waals surface area contributed by atoms with E-state index >= 15 is 0 Å². The Hall–Kier alpha value is -1.79.